The molecule has 0 heterocycles. The summed E-state index contributed by atoms with van der Waals surface area (Å²) in [5.41, 5.74) is 0. The third-order valence-corrected chi connectivity index (χ3v) is 12.3. The smallest absolute Gasteiger partial charge is 0.306 e. The molecule has 9 nitrogen and oxygen atoms in total. The summed E-state index contributed by atoms with van der Waals surface area (Å²) in [7, 11) is 1.11. The Hall–Kier alpha value is -4.11. The molecule has 418 valence electrons. The summed E-state index contributed by atoms with van der Waals surface area (Å²) in [4.78, 5) is 37.9. The number of carbonyl (C=O) groups excluding carboxylic acids is 2. The third kappa shape index (κ3) is 57.2. The van der Waals surface area contributed by atoms with Gasteiger partial charge in [0.2, 0.25) is 0 Å². The number of hydrogen-bond acceptors (Lipinski definition) is 8. The number of ether oxygens (including phenoxy) is 2. The van der Waals surface area contributed by atoms with Crippen molar-refractivity contribution < 1.29 is 42.1 Å². The quantitative estimate of drug-likeness (QED) is 0.0195. The molecule has 0 bridgehead atoms. The molecule has 74 heavy (non-hydrogen) atoms. The van der Waals surface area contributed by atoms with E-state index in [4.69, 9.17) is 18.5 Å². The molecule has 0 spiro atoms. The number of quaternary nitrogens is 1. The number of esters is 2. The highest BCUT2D eigenvalue weighted by Crippen LogP contribution is 2.38. The van der Waals surface area contributed by atoms with Gasteiger partial charge in [0.1, 0.15) is 19.8 Å². The summed E-state index contributed by atoms with van der Waals surface area (Å²) in [5.74, 6) is -0.902. The topological polar surface area (TPSA) is 111 Å². The fraction of sp³-hybridized carbons (Fsp3) is 0.594. The summed E-state index contributed by atoms with van der Waals surface area (Å²) in [6.45, 7) is 3.93. The number of nitrogens with zero attached hydrogens (tertiary/aromatic N) is 1. The van der Waals surface area contributed by atoms with Gasteiger partial charge < -0.3 is 27.9 Å². The monoisotopic (exact) mass is 1050 g/mol. The molecule has 10 heteroatoms. The predicted octanol–water partition coefficient (Wildman–Crippen LogP) is 17.3. The Balaban J connectivity index is 4.33. The molecule has 0 N–H and O–H groups in total. The van der Waals surface area contributed by atoms with Gasteiger partial charge in [-0.3, -0.25) is 14.2 Å². The molecule has 0 aromatic heterocycles. The molecule has 0 aromatic rings. The first-order valence-electron chi connectivity index (χ1n) is 28.5. The van der Waals surface area contributed by atoms with Gasteiger partial charge in [-0.1, -0.05) is 211 Å². The van der Waals surface area contributed by atoms with Gasteiger partial charge in [-0.05, 0) is 116 Å². The minimum Gasteiger partial charge on any atom is -0.756 e. The standard InChI is InChI=1S/C64H104NO8P/c1-6-8-10-12-14-16-18-20-22-24-26-28-30-31-32-33-35-37-39-41-43-45-47-49-51-53-55-57-64(67)73-62(61-72-74(68,69)71-59-58-65(3,4)5)60-70-63(66)56-54-52-50-48-46-44-42-40-38-36-34-29-27-25-23-21-19-17-15-13-11-9-7-2/h8-11,14-17,20-23,26-29,31-32,35,37,41,43,47,49,62H,6-7,12-13,18-19,24-25,30,33-34,36,38-40,42,44-46,48,50-61H2,1-5H3/b10-8-,11-9-,16-14-,17-15-,22-20-,23-21-,28-26-,29-27-,32-31-,37-35-,43-41-,49-47-. The first kappa shape index (κ1) is 69.9. The second kappa shape index (κ2) is 53.7. The van der Waals surface area contributed by atoms with E-state index in [9.17, 15) is 19.0 Å². The summed E-state index contributed by atoms with van der Waals surface area (Å²) in [6, 6.07) is 0. The van der Waals surface area contributed by atoms with Crippen LogP contribution < -0.4 is 4.89 Å². The minimum atomic E-state index is -4.66. The van der Waals surface area contributed by atoms with Crippen LogP contribution >= 0.6 is 7.82 Å². The maximum absolute atomic E-state index is 12.8. The molecule has 0 aromatic carbocycles. The predicted molar refractivity (Wildman–Crippen MR) is 314 cm³/mol. The Morgan fingerprint density at radius 3 is 1.11 bits per heavy atom. The number of rotatable bonds is 50. The maximum Gasteiger partial charge on any atom is 0.306 e. The van der Waals surface area contributed by atoms with Crippen LogP contribution in [-0.2, 0) is 32.7 Å². The van der Waals surface area contributed by atoms with Crippen molar-refractivity contribution in [3.05, 3.63) is 146 Å². The molecule has 0 rings (SSSR count). The third-order valence-electron chi connectivity index (χ3n) is 11.4. The van der Waals surface area contributed by atoms with Crippen molar-refractivity contribution in [1.29, 1.82) is 0 Å². The lowest BCUT2D eigenvalue weighted by molar-refractivity contribution is -0.870. The average molecular weight is 1050 g/mol. The number of likely N-dealkylation sites (N-methyl/N-ethyl adjacent to an activating group) is 1. The second-order valence-electron chi connectivity index (χ2n) is 19.5. The number of carbonyl (C=O) groups is 2. The van der Waals surface area contributed by atoms with Gasteiger partial charge in [-0.15, -0.1) is 0 Å². The summed E-state index contributed by atoms with van der Waals surface area (Å²) in [6.07, 6.45) is 78.9. The molecule has 0 radical (unpaired) electrons. The zero-order chi connectivity index (χ0) is 54.2. The number of hydrogen-bond donors (Lipinski definition) is 0. The zero-order valence-electron chi connectivity index (χ0n) is 47.2. The van der Waals surface area contributed by atoms with E-state index in [0.29, 0.717) is 23.9 Å². The normalized spacial score (nSPS) is 14.4. The van der Waals surface area contributed by atoms with Gasteiger partial charge >= 0.3 is 11.9 Å². The number of phosphoric acid groups is 1. The van der Waals surface area contributed by atoms with E-state index in [-0.39, 0.29) is 26.1 Å². The van der Waals surface area contributed by atoms with Crippen LogP contribution in [-0.4, -0.2) is 70.0 Å². The fourth-order valence-corrected chi connectivity index (χ4v) is 7.74. The largest absolute Gasteiger partial charge is 0.756 e. The molecular weight excluding hydrogens is 942 g/mol. The highest BCUT2D eigenvalue weighted by Gasteiger charge is 2.21. The highest BCUT2D eigenvalue weighted by atomic mass is 31.2. The SMILES string of the molecule is CC/C=C\C/C=C\C/C=C\C/C=C\C/C=C\C/C=C\C/C=C\C/C=C\CCCCC(=O)OC(COC(=O)CCCCCCCCCCCC/C=C\C/C=C\C/C=C\C/C=C\CC)COP(=O)([O-])OCC[N+](C)(C)C. The van der Waals surface area contributed by atoms with Gasteiger partial charge in [-0.25, -0.2) is 0 Å². The first-order chi connectivity index (χ1) is 36.0. The van der Waals surface area contributed by atoms with Crippen molar-refractivity contribution in [2.45, 2.75) is 200 Å². The zero-order valence-corrected chi connectivity index (χ0v) is 48.1. The molecule has 0 aliphatic heterocycles. The number of phosphoric ester groups is 1. The number of allylic oxidation sites excluding steroid dienone is 24. The molecule has 0 aliphatic carbocycles. The molecule has 0 fully saturated rings. The van der Waals surface area contributed by atoms with Crippen LogP contribution in [0.5, 0.6) is 0 Å². The van der Waals surface area contributed by atoms with E-state index in [2.05, 4.69) is 160 Å². The van der Waals surface area contributed by atoms with E-state index < -0.39 is 32.5 Å². The van der Waals surface area contributed by atoms with Crippen LogP contribution in [0.15, 0.2) is 146 Å². The second-order valence-corrected chi connectivity index (χ2v) is 20.9. The van der Waals surface area contributed by atoms with Gasteiger partial charge in [0.25, 0.3) is 7.82 Å². The summed E-state index contributed by atoms with van der Waals surface area (Å²) < 4.78 is 34.1. The lowest BCUT2D eigenvalue weighted by Crippen LogP contribution is -2.37. The molecule has 2 unspecified atom stereocenters. The molecule has 2 atom stereocenters. The molecule has 0 saturated carbocycles. The van der Waals surface area contributed by atoms with E-state index in [0.717, 1.165) is 116 Å². The maximum atomic E-state index is 12.8. The summed E-state index contributed by atoms with van der Waals surface area (Å²) >= 11 is 0. The lowest BCUT2D eigenvalue weighted by atomic mass is 10.1. The first-order valence-corrected chi connectivity index (χ1v) is 30.0. The minimum absolute atomic E-state index is 0.0491. The summed E-state index contributed by atoms with van der Waals surface area (Å²) in [5, 5.41) is 0. The van der Waals surface area contributed by atoms with Crippen molar-refractivity contribution in [1.82, 2.24) is 0 Å². The van der Waals surface area contributed by atoms with Gasteiger partial charge in [0.15, 0.2) is 6.10 Å². The van der Waals surface area contributed by atoms with Gasteiger partial charge in [0, 0.05) is 12.8 Å². The van der Waals surface area contributed by atoms with Crippen molar-refractivity contribution in [3.63, 3.8) is 0 Å². The Labute approximate surface area is 453 Å². The molecule has 0 amide bonds. The molecule has 0 saturated heterocycles. The van der Waals surface area contributed by atoms with Crippen molar-refractivity contribution in [2.24, 2.45) is 0 Å². The molecule has 0 aliphatic rings. The molecular formula is C64H104NO8P. The van der Waals surface area contributed by atoms with Crippen LogP contribution in [0.1, 0.15) is 194 Å². The van der Waals surface area contributed by atoms with E-state index >= 15 is 0 Å². The Morgan fingerprint density at radius 1 is 0.419 bits per heavy atom. The van der Waals surface area contributed by atoms with Gasteiger partial charge in [-0.2, -0.15) is 0 Å². The Kier molecular flexibility index (Phi) is 50.7. The van der Waals surface area contributed by atoms with E-state index in [1.807, 2.05) is 21.1 Å². The van der Waals surface area contributed by atoms with Crippen molar-refractivity contribution in [3.8, 4) is 0 Å². The van der Waals surface area contributed by atoms with Crippen LogP contribution in [0.25, 0.3) is 0 Å². The fourth-order valence-electron chi connectivity index (χ4n) is 7.01. The van der Waals surface area contributed by atoms with Crippen molar-refractivity contribution in [2.75, 3.05) is 47.5 Å². The average Bonchev–Trinajstić information content (AvgIpc) is 3.36. The van der Waals surface area contributed by atoms with Crippen molar-refractivity contribution >= 4 is 19.8 Å². The van der Waals surface area contributed by atoms with Crippen LogP contribution in [0.4, 0.5) is 0 Å². The highest BCUT2D eigenvalue weighted by molar-refractivity contribution is 7.45. The Bertz CT molecular complexity index is 1760. The van der Waals surface area contributed by atoms with Gasteiger partial charge in [0.05, 0.1) is 27.7 Å². The van der Waals surface area contributed by atoms with Crippen LogP contribution in [0.2, 0.25) is 0 Å². The van der Waals surface area contributed by atoms with E-state index in [1.54, 1.807) is 0 Å². The van der Waals surface area contributed by atoms with E-state index in [1.165, 1.54) is 38.5 Å². The lowest BCUT2D eigenvalue weighted by Gasteiger charge is -2.28. The van der Waals surface area contributed by atoms with Crippen LogP contribution in [0.3, 0.4) is 0 Å². The Morgan fingerprint density at radius 2 is 0.730 bits per heavy atom. The number of unbranched alkanes of at least 4 members (excludes halogenated alkanes) is 12. The van der Waals surface area contributed by atoms with Crippen LogP contribution in [0, 0.1) is 0 Å².